The Balaban J connectivity index is 1.51. The second kappa shape index (κ2) is 6.55. The number of fused-ring (bicyclic) bond motifs is 1. The maximum absolute atomic E-state index is 12.3. The van der Waals surface area contributed by atoms with Crippen LogP contribution >= 0.6 is 0 Å². The van der Waals surface area contributed by atoms with Gasteiger partial charge in [0.15, 0.2) is 0 Å². The molecule has 0 spiro atoms. The molecule has 0 saturated heterocycles. The molecule has 9 nitrogen and oxygen atoms in total. The third-order valence-electron chi connectivity index (χ3n) is 3.87. The molecule has 26 heavy (non-hydrogen) atoms. The van der Waals surface area contributed by atoms with Crippen LogP contribution in [0, 0.1) is 0 Å². The van der Waals surface area contributed by atoms with Gasteiger partial charge in [-0.15, -0.1) is 5.10 Å². The van der Waals surface area contributed by atoms with Crippen LogP contribution in [-0.4, -0.2) is 36.3 Å². The molecule has 2 N–H and O–H groups in total. The first-order valence-corrected chi connectivity index (χ1v) is 7.80. The molecule has 0 atom stereocenters. The molecular weight excluding hydrogens is 334 g/mol. The van der Waals surface area contributed by atoms with E-state index in [1.165, 1.54) is 11.0 Å². The molecule has 4 aromatic rings. The molecule has 4 rings (SSSR count). The minimum absolute atomic E-state index is 0.0477. The lowest BCUT2D eigenvalue weighted by atomic mass is 10.1. The van der Waals surface area contributed by atoms with Gasteiger partial charge >= 0.3 is 0 Å². The highest BCUT2D eigenvalue weighted by Crippen LogP contribution is 2.15. The van der Waals surface area contributed by atoms with Gasteiger partial charge in [0.2, 0.25) is 5.91 Å². The fourth-order valence-corrected chi connectivity index (χ4v) is 2.64. The van der Waals surface area contributed by atoms with Gasteiger partial charge in [0.1, 0.15) is 6.33 Å². The van der Waals surface area contributed by atoms with Gasteiger partial charge < -0.3 is 5.32 Å². The van der Waals surface area contributed by atoms with Crippen molar-refractivity contribution >= 4 is 22.4 Å². The average Bonchev–Trinajstić information content (AvgIpc) is 3.20. The molecule has 2 aromatic carbocycles. The molecule has 2 aromatic heterocycles. The van der Waals surface area contributed by atoms with Gasteiger partial charge in [0, 0.05) is 11.1 Å². The zero-order chi connectivity index (χ0) is 17.9. The van der Waals surface area contributed by atoms with Gasteiger partial charge in [-0.1, -0.05) is 18.2 Å². The number of tetrazole rings is 1. The molecule has 0 bridgehead atoms. The van der Waals surface area contributed by atoms with Crippen LogP contribution in [-0.2, 0) is 11.2 Å². The summed E-state index contributed by atoms with van der Waals surface area (Å²) < 4.78 is 1.52. The van der Waals surface area contributed by atoms with Crippen molar-refractivity contribution in [1.29, 1.82) is 0 Å². The van der Waals surface area contributed by atoms with Crippen molar-refractivity contribution < 1.29 is 4.79 Å². The minimum Gasteiger partial charge on any atom is -0.326 e. The molecular formula is C17H13N7O2. The second-order valence-corrected chi connectivity index (χ2v) is 5.57. The van der Waals surface area contributed by atoms with Crippen LogP contribution in [0.25, 0.3) is 16.5 Å². The fourth-order valence-electron chi connectivity index (χ4n) is 2.64. The molecule has 0 aliphatic rings. The van der Waals surface area contributed by atoms with Crippen LogP contribution in [0.3, 0.4) is 0 Å². The van der Waals surface area contributed by atoms with Gasteiger partial charge in [-0.3, -0.25) is 9.59 Å². The number of rotatable bonds is 4. The largest absolute Gasteiger partial charge is 0.326 e. The van der Waals surface area contributed by atoms with E-state index in [1.807, 2.05) is 6.07 Å². The fraction of sp³-hybridized carbons (Fsp3) is 0.0588. The number of aromatic amines is 1. The third-order valence-corrected chi connectivity index (χ3v) is 3.87. The number of nitrogens with zero attached hydrogens (tertiary/aromatic N) is 5. The lowest BCUT2D eigenvalue weighted by Gasteiger charge is -2.07. The first-order valence-electron chi connectivity index (χ1n) is 7.80. The van der Waals surface area contributed by atoms with Gasteiger partial charge in [-0.05, 0) is 40.8 Å². The Morgan fingerprint density at radius 3 is 2.58 bits per heavy atom. The quantitative estimate of drug-likeness (QED) is 0.570. The summed E-state index contributed by atoms with van der Waals surface area (Å²) in [6, 6.07) is 14.2. The molecule has 0 unspecified atom stereocenters. The van der Waals surface area contributed by atoms with E-state index in [0.717, 1.165) is 5.69 Å². The second-order valence-electron chi connectivity index (χ2n) is 5.57. The van der Waals surface area contributed by atoms with Crippen molar-refractivity contribution in [2.24, 2.45) is 0 Å². The predicted octanol–water partition coefficient (Wildman–Crippen LogP) is 1.08. The van der Waals surface area contributed by atoms with Crippen molar-refractivity contribution in [2.45, 2.75) is 6.42 Å². The van der Waals surface area contributed by atoms with Crippen molar-refractivity contribution in [3.63, 3.8) is 0 Å². The average molecular weight is 347 g/mol. The maximum atomic E-state index is 12.3. The van der Waals surface area contributed by atoms with Crippen LogP contribution in [0.4, 0.5) is 5.69 Å². The number of nitrogens with one attached hydrogen (secondary N) is 2. The number of H-pyrrole nitrogens is 1. The van der Waals surface area contributed by atoms with E-state index >= 15 is 0 Å². The zero-order valence-corrected chi connectivity index (χ0v) is 13.5. The van der Waals surface area contributed by atoms with E-state index in [-0.39, 0.29) is 17.9 Å². The highest BCUT2D eigenvalue weighted by atomic mass is 16.1. The molecule has 0 radical (unpaired) electrons. The van der Waals surface area contributed by atoms with E-state index < -0.39 is 0 Å². The molecule has 0 fully saturated rings. The topological polar surface area (TPSA) is 118 Å². The summed E-state index contributed by atoms with van der Waals surface area (Å²) in [6.45, 7) is 0. The Hall–Kier alpha value is -3.88. The molecule has 0 saturated carbocycles. The van der Waals surface area contributed by atoms with Crippen molar-refractivity contribution in [3.05, 3.63) is 70.9 Å². The predicted molar refractivity (Wildman–Crippen MR) is 93.9 cm³/mol. The van der Waals surface area contributed by atoms with Crippen molar-refractivity contribution in [2.75, 3.05) is 5.32 Å². The first kappa shape index (κ1) is 15.6. The van der Waals surface area contributed by atoms with E-state index in [4.69, 9.17) is 0 Å². The monoisotopic (exact) mass is 347 g/mol. The van der Waals surface area contributed by atoms with Crippen LogP contribution in [0.5, 0.6) is 0 Å². The van der Waals surface area contributed by atoms with E-state index in [9.17, 15) is 9.59 Å². The maximum Gasteiger partial charge on any atom is 0.272 e. The standard InChI is InChI=1S/C17H13N7O2/c25-16(9-15-13-3-1-2-4-14(13)17(26)21-20-15)19-11-5-7-12(8-6-11)24-10-18-22-23-24/h1-8,10H,9H2,(H,19,25)(H,21,26). The Morgan fingerprint density at radius 1 is 1.08 bits per heavy atom. The number of hydrogen-bond acceptors (Lipinski definition) is 6. The number of carbonyl (C=O) groups is 1. The molecule has 0 aliphatic carbocycles. The summed E-state index contributed by atoms with van der Waals surface area (Å²) >= 11 is 0. The SMILES string of the molecule is O=C(Cc1n[nH]c(=O)c2ccccc12)Nc1ccc(-n2cnnn2)cc1. The van der Waals surface area contributed by atoms with Gasteiger partial charge in [0.25, 0.3) is 5.56 Å². The Labute approximate surface area is 146 Å². The minimum atomic E-state index is -0.275. The van der Waals surface area contributed by atoms with E-state index in [0.29, 0.717) is 22.2 Å². The molecule has 0 aliphatic heterocycles. The van der Waals surface area contributed by atoms with Crippen LogP contribution in [0.15, 0.2) is 59.7 Å². The van der Waals surface area contributed by atoms with Gasteiger partial charge in [-0.25, -0.2) is 9.78 Å². The lowest BCUT2D eigenvalue weighted by molar-refractivity contribution is -0.115. The smallest absolute Gasteiger partial charge is 0.272 e. The summed E-state index contributed by atoms with van der Waals surface area (Å²) in [4.78, 5) is 24.1. The number of aromatic nitrogens is 6. The summed E-state index contributed by atoms with van der Waals surface area (Å²) in [7, 11) is 0. The van der Waals surface area contributed by atoms with Gasteiger partial charge in [0.05, 0.1) is 23.2 Å². The number of amides is 1. The molecule has 2 heterocycles. The van der Waals surface area contributed by atoms with Crippen molar-refractivity contribution in [1.82, 2.24) is 30.4 Å². The highest BCUT2D eigenvalue weighted by Gasteiger charge is 2.11. The summed E-state index contributed by atoms with van der Waals surface area (Å²) in [5, 5.41) is 21.4. The molecule has 128 valence electrons. The number of hydrogen-bond donors (Lipinski definition) is 2. The number of anilines is 1. The van der Waals surface area contributed by atoms with E-state index in [1.54, 1.807) is 42.5 Å². The Morgan fingerprint density at radius 2 is 1.85 bits per heavy atom. The van der Waals surface area contributed by atoms with Crippen LogP contribution in [0.2, 0.25) is 0 Å². The highest BCUT2D eigenvalue weighted by molar-refractivity contribution is 5.95. The van der Waals surface area contributed by atoms with Crippen molar-refractivity contribution in [3.8, 4) is 5.69 Å². The first-order chi connectivity index (χ1) is 12.7. The molecule has 1 amide bonds. The van der Waals surface area contributed by atoms with Crippen LogP contribution in [0.1, 0.15) is 5.69 Å². The van der Waals surface area contributed by atoms with Gasteiger partial charge in [-0.2, -0.15) is 5.10 Å². The number of benzene rings is 2. The summed E-state index contributed by atoms with van der Waals surface area (Å²) in [6.07, 6.45) is 1.53. The Bertz CT molecular complexity index is 1120. The van der Waals surface area contributed by atoms with E-state index in [2.05, 4.69) is 31.0 Å². The summed E-state index contributed by atoms with van der Waals surface area (Å²) in [5.74, 6) is -0.232. The zero-order valence-electron chi connectivity index (χ0n) is 13.5. The molecule has 9 heteroatoms. The third kappa shape index (κ3) is 3.05. The summed E-state index contributed by atoms with van der Waals surface area (Å²) in [5.41, 5.74) is 1.66. The lowest BCUT2D eigenvalue weighted by Crippen LogP contribution is -2.18. The Kier molecular flexibility index (Phi) is 3.94. The van der Waals surface area contributed by atoms with Crippen LogP contribution < -0.4 is 10.9 Å². The number of carbonyl (C=O) groups excluding carboxylic acids is 1. The normalized spacial score (nSPS) is 10.8.